The van der Waals surface area contributed by atoms with Gasteiger partial charge in [0.2, 0.25) is 0 Å². The van der Waals surface area contributed by atoms with Crippen molar-refractivity contribution in [2.45, 2.75) is 13.3 Å². The average Bonchev–Trinajstić information content (AvgIpc) is 2.30. The highest BCUT2D eigenvalue weighted by atomic mass is 19.4. The lowest BCUT2D eigenvalue weighted by Gasteiger charge is -2.14. The van der Waals surface area contributed by atoms with Crippen LogP contribution in [0.2, 0.25) is 0 Å². The normalized spacial score (nSPS) is 12.2. The Labute approximate surface area is 112 Å². The predicted molar refractivity (Wildman–Crippen MR) is 66.7 cm³/mol. The van der Waals surface area contributed by atoms with Crippen molar-refractivity contribution in [2.24, 2.45) is 5.73 Å². The van der Waals surface area contributed by atoms with Crippen LogP contribution in [0.3, 0.4) is 0 Å². The first-order chi connectivity index (χ1) is 9.14. The molecule has 0 unspecified atom stereocenters. The summed E-state index contributed by atoms with van der Waals surface area (Å²) in [7, 11) is 1.10. The van der Waals surface area contributed by atoms with Gasteiger partial charge in [0, 0.05) is 11.3 Å². The number of nitrogens with two attached hydrogens (primary N) is 2. The van der Waals surface area contributed by atoms with E-state index in [9.17, 15) is 18.0 Å². The summed E-state index contributed by atoms with van der Waals surface area (Å²) < 4.78 is 45.1. The Hall–Kier alpha value is -2.38. The van der Waals surface area contributed by atoms with E-state index in [2.05, 4.69) is 9.47 Å². The highest BCUT2D eigenvalue weighted by Gasteiger charge is 2.32. The standard InChI is InChI=1S/C12H13F3N2O3/c1-6(16)3-7-4-8(11(18)19-2)5-9(10(7)17)20-12(13,14)15/h3-5H,16-17H2,1-2H3/b6-3-. The van der Waals surface area contributed by atoms with Crippen LogP contribution in [0.1, 0.15) is 22.8 Å². The lowest BCUT2D eigenvalue weighted by Crippen LogP contribution is -2.19. The number of allylic oxidation sites excluding steroid dienone is 1. The van der Waals surface area contributed by atoms with Gasteiger partial charge >= 0.3 is 12.3 Å². The number of ether oxygens (including phenoxy) is 2. The van der Waals surface area contributed by atoms with Crippen molar-refractivity contribution in [3.8, 4) is 5.75 Å². The summed E-state index contributed by atoms with van der Waals surface area (Å²) in [6, 6.07) is 2.12. The molecule has 0 atom stereocenters. The van der Waals surface area contributed by atoms with Crippen molar-refractivity contribution in [3.05, 3.63) is 29.0 Å². The van der Waals surface area contributed by atoms with Gasteiger partial charge in [-0.25, -0.2) is 4.79 Å². The van der Waals surface area contributed by atoms with Crippen LogP contribution in [0.15, 0.2) is 17.8 Å². The third-order valence-corrected chi connectivity index (χ3v) is 2.20. The number of methoxy groups -OCH3 is 1. The number of hydrogen-bond donors (Lipinski definition) is 2. The van der Waals surface area contributed by atoms with Crippen LogP contribution >= 0.6 is 0 Å². The monoisotopic (exact) mass is 290 g/mol. The summed E-state index contributed by atoms with van der Waals surface area (Å²) in [4.78, 5) is 11.4. The molecule has 0 aliphatic rings. The Morgan fingerprint density at radius 1 is 1.35 bits per heavy atom. The molecule has 0 aliphatic carbocycles. The molecule has 0 saturated heterocycles. The summed E-state index contributed by atoms with van der Waals surface area (Å²) in [6.45, 7) is 1.52. The zero-order valence-corrected chi connectivity index (χ0v) is 10.7. The third-order valence-electron chi connectivity index (χ3n) is 2.20. The molecule has 0 bridgehead atoms. The zero-order chi connectivity index (χ0) is 15.5. The summed E-state index contributed by atoms with van der Waals surface area (Å²) in [5.41, 5.74) is 11.1. The number of anilines is 1. The topological polar surface area (TPSA) is 87.6 Å². The van der Waals surface area contributed by atoms with E-state index < -0.39 is 18.1 Å². The number of hydrogen-bond acceptors (Lipinski definition) is 5. The van der Waals surface area contributed by atoms with Crippen LogP contribution in [0.25, 0.3) is 6.08 Å². The van der Waals surface area contributed by atoms with Crippen molar-refractivity contribution in [1.82, 2.24) is 0 Å². The Morgan fingerprint density at radius 2 is 1.95 bits per heavy atom. The van der Waals surface area contributed by atoms with Gasteiger partial charge in [-0.1, -0.05) is 0 Å². The lowest BCUT2D eigenvalue weighted by atomic mass is 10.1. The van der Waals surface area contributed by atoms with Crippen LogP contribution < -0.4 is 16.2 Å². The second-order valence-corrected chi connectivity index (χ2v) is 3.91. The molecule has 0 aromatic heterocycles. The average molecular weight is 290 g/mol. The molecule has 1 aromatic carbocycles. The SMILES string of the molecule is COC(=O)c1cc(/C=C(/C)N)c(N)c(OC(F)(F)F)c1. The van der Waals surface area contributed by atoms with Gasteiger partial charge in [-0.2, -0.15) is 0 Å². The summed E-state index contributed by atoms with van der Waals surface area (Å²) in [5, 5.41) is 0. The van der Waals surface area contributed by atoms with Gasteiger partial charge in [-0.15, -0.1) is 13.2 Å². The Morgan fingerprint density at radius 3 is 2.40 bits per heavy atom. The van der Waals surface area contributed by atoms with E-state index in [1.165, 1.54) is 19.1 Å². The summed E-state index contributed by atoms with van der Waals surface area (Å²) in [5.74, 6) is -1.51. The molecule has 0 spiro atoms. The van der Waals surface area contributed by atoms with E-state index in [0.29, 0.717) is 5.70 Å². The van der Waals surface area contributed by atoms with Crippen LogP contribution in [0, 0.1) is 0 Å². The molecular formula is C12H13F3N2O3. The maximum absolute atomic E-state index is 12.3. The van der Waals surface area contributed by atoms with Crippen LogP contribution in [-0.2, 0) is 4.74 Å². The molecule has 0 saturated carbocycles. The zero-order valence-electron chi connectivity index (χ0n) is 10.7. The smallest absolute Gasteiger partial charge is 0.465 e. The first-order valence-corrected chi connectivity index (χ1v) is 5.35. The Bertz CT molecular complexity index is 550. The lowest BCUT2D eigenvalue weighted by molar-refractivity contribution is -0.274. The number of nitrogen functional groups attached to an aromatic ring is 1. The predicted octanol–water partition coefficient (Wildman–Crippen LogP) is 2.27. The van der Waals surface area contributed by atoms with Crippen LogP contribution in [0.4, 0.5) is 18.9 Å². The minimum Gasteiger partial charge on any atom is -0.465 e. The van der Waals surface area contributed by atoms with Gasteiger partial charge in [0.1, 0.15) is 0 Å². The fourth-order valence-electron chi connectivity index (χ4n) is 1.46. The molecule has 110 valence electrons. The van der Waals surface area contributed by atoms with E-state index in [0.717, 1.165) is 13.2 Å². The quantitative estimate of drug-likeness (QED) is 0.658. The molecule has 5 nitrogen and oxygen atoms in total. The highest BCUT2D eigenvalue weighted by Crippen LogP contribution is 2.33. The molecule has 0 amide bonds. The first-order valence-electron chi connectivity index (χ1n) is 5.35. The number of rotatable bonds is 3. The second kappa shape index (κ2) is 5.72. The minimum absolute atomic E-state index is 0.131. The number of carbonyl (C=O) groups is 1. The second-order valence-electron chi connectivity index (χ2n) is 3.91. The molecule has 1 aromatic rings. The van der Waals surface area contributed by atoms with E-state index in [1.807, 2.05) is 0 Å². The van der Waals surface area contributed by atoms with Gasteiger partial charge in [-0.3, -0.25) is 0 Å². The number of alkyl halides is 3. The maximum Gasteiger partial charge on any atom is 0.573 e. The Kier molecular flexibility index (Phi) is 4.49. The van der Waals surface area contributed by atoms with Crippen molar-refractivity contribution in [2.75, 3.05) is 12.8 Å². The largest absolute Gasteiger partial charge is 0.573 e. The maximum atomic E-state index is 12.3. The number of esters is 1. The van der Waals surface area contributed by atoms with Crippen LogP contribution in [0.5, 0.6) is 5.75 Å². The van der Waals surface area contributed by atoms with E-state index in [-0.39, 0.29) is 16.8 Å². The van der Waals surface area contributed by atoms with Gasteiger partial charge in [0.05, 0.1) is 18.4 Å². The van der Waals surface area contributed by atoms with Gasteiger partial charge in [0.25, 0.3) is 0 Å². The molecule has 0 radical (unpaired) electrons. The summed E-state index contributed by atoms with van der Waals surface area (Å²) >= 11 is 0. The number of halogens is 3. The molecule has 0 fully saturated rings. The first kappa shape index (κ1) is 15.7. The molecular weight excluding hydrogens is 277 g/mol. The van der Waals surface area contributed by atoms with E-state index >= 15 is 0 Å². The van der Waals surface area contributed by atoms with Crippen molar-refractivity contribution in [1.29, 1.82) is 0 Å². The highest BCUT2D eigenvalue weighted by molar-refractivity contribution is 5.92. The molecule has 0 aliphatic heterocycles. The van der Waals surface area contributed by atoms with Crippen LogP contribution in [-0.4, -0.2) is 19.4 Å². The van der Waals surface area contributed by atoms with Crippen molar-refractivity contribution < 1.29 is 27.4 Å². The molecule has 1 rings (SSSR count). The van der Waals surface area contributed by atoms with Crippen molar-refractivity contribution in [3.63, 3.8) is 0 Å². The fourth-order valence-corrected chi connectivity index (χ4v) is 1.46. The third kappa shape index (κ3) is 4.08. The van der Waals surface area contributed by atoms with Gasteiger partial charge < -0.3 is 20.9 Å². The van der Waals surface area contributed by atoms with Crippen molar-refractivity contribution >= 4 is 17.7 Å². The van der Waals surface area contributed by atoms with Gasteiger partial charge in [0.15, 0.2) is 5.75 Å². The molecule has 4 N–H and O–H groups in total. The molecule has 20 heavy (non-hydrogen) atoms. The minimum atomic E-state index is -4.93. The van der Waals surface area contributed by atoms with Gasteiger partial charge in [-0.05, 0) is 25.1 Å². The molecule has 8 heteroatoms. The molecule has 0 heterocycles. The summed E-state index contributed by atoms with van der Waals surface area (Å²) in [6.07, 6.45) is -3.60. The number of carbonyl (C=O) groups excluding carboxylic acids is 1. The van der Waals surface area contributed by atoms with E-state index in [1.54, 1.807) is 0 Å². The fraction of sp³-hybridized carbons (Fsp3) is 0.250. The number of benzene rings is 1. The van der Waals surface area contributed by atoms with E-state index in [4.69, 9.17) is 11.5 Å². The Balaban J connectivity index is 3.42.